The number of fused-ring (bicyclic) bond motifs is 3. The fourth-order valence-electron chi connectivity index (χ4n) is 6.33. The fraction of sp³-hybridized carbons (Fsp3) is 0.256. The summed E-state index contributed by atoms with van der Waals surface area (Å²) in [6.45, 7) is 8.06. The Bertz CT molecular complexity index is 1730. The van der Waals surface area contributed by atoms with Gasteiger partial charge in [0.2, 0.25) is 11.8 Å². The fourth-order valence-corrected chi connectivity index (χ4v) is 6.33. The maximum atomic E-state index is 14.7. The molecule has 3 amide bonds. The second-order valence-corrected chi connectivity index (χ2v) is 12.2. The quantitative estimate of drug-likeness (QED) is 0.166. The number of nitrogens with one attached hydrogen (secondary N) is 1. The number of allylic oxidation sites excluding steroid dienone is 1. The lowest BCUT2D eigenvalue weighted by molar-refractivity contribution is -0.135. The standard InChI is InChI=1S/C39H41N3O4/c1-5-11-33(37(40)43)34(22-25(2)3)38(44)41-36-32-16-7-6-14-30(32)31-15-8-9-17-35(31)42(39(36)45)24-26-12-10-13-28(23-26)27-18-20-29(46-4)21-19-27/h5-10,12-21,23,25,33-34,36H,1,11,22,24H2,2-4H3,(H2,40,43)(H,41,44). The minimum Gasteiger partial charge on any atom is -0.497 e. The van der Waals surface area contributed by atoms with E-state index in [1.54, 1.807) is 18.1 Å². The Morgan fingerprint density at radius 1 is 0.913 bits per heavy atom. The molecule has 7 heteroatoms. The van der Waals surface area contributed by atoms with Gasteiger partial charge in [0.25, 0.3) is 5.91 Å². The van der Waals surface area contributed by atoms with Crippen LogP contribution in [0.25, 0.3) is 22.3 Å². The maximum absolute atomic E-state index is 14.7. The normalized spacial score (nSPS) is 15.3. The number of para-hydroxylation sites is 1. The Hall–Kier alpha value is -5.17. The number of amides is 3. The topological polar surface area (TPSA) is 102 Å². The molecule has 46 heavy (non-hydrogen) atoms. The third-order valence-electron chi connectivity index (χ3n) is 8.58. The van der Waals surface area contributed by atoms with Gasteiger partial charge in [-0.25, -0.2) is 0 Å². The van der Waals surface area contributed by atoms with Crippen LogP contribution in [0, 0.1) is 17.8 Å². The second kappa shape index (κ2) is 14.3. The first-order chi connectivity index (χ1) is 22.2. The average Bonchev–Trinajstić information content (AvgIpc) is 3.15. The Labute approximate surface area is 271 Å². The smallest absolute Gasteiger partial charge is 0.254 e. The van der Waals surface area contributed by atoms with E-state index in [4.69, 9.17) is 10.5 Å². The number of methoxy groups -OCH3 is 1. The molecule has 1 heterocycles. The number of primary amides is 1. The first kappa shape index (κ1) is 32.2. The molecule has 0 aliphatic carbocycles. The molecule has 0 saturated carbocycles. The van der Waals surface area contributed by atoms with E-state index in [0.29, 0.717) is 12.0 Å². The zero-order chi connectivity index (χ0) is 32.8. The van der Waals surface area contributed by atoms with Crippen LogP contribution in [0.15, 0.2) is 110 Å². The summed E-state index contributed by atoms with van der Waals surface area (Å²) < 4.78 is 5.32. The minimum absolute atomic E-state index is 0.123. The lowest BCUT2D eigenvalue weighted by atomic mass is 9.82. The molecule has 0 bridgehead atoms. The summed E-state index contributed by atoms with van der Waals surface area (Å²) in [6, 6.07) is 30.5. The van der Waals surface area contributed by atoms with E-state index < -0.39 is 23.8 Å². The summed E-state index contributed by atoms with van der Waals surface area (Å²) in [7, 11) is 1.64. The molecule has 3 N–H and O–H groups in total. The number of hydrogen-bond acceptors (Lipinski definition) is 4. The Morgan fingerprint density at radius 3 is 2.28 bits per heavy atom. The molecule has 236 valence electrons. The van der Waals surface area contributed by atoms with E-state index in [1.807, 2.05) is 105 Å². The highest BCUT2D eigenvalue weighted by atomic mass is 16.5. The van der Waals surface area contributed by atoms with Crippen molar-refractivity contribution in [3.05, 3.63) is 121 Å². The predicted octanol–water partition coefficient (Wildman–Crippen LogP) is 7.07. The van der Waals surface area contributed by atoms with Gasteiger partial charge in [-0.3, -0.25) is 14.4 Å². The number of ether oxygens (including phenoxy) is 1. The van der Waals surface area contributed by atoms with Crippen molar-refractivity contribution in [1.82, 2.24) is 5.32 Å². The SMILES string of the molecule is C=CCC(C(N)=O)C(CC(C)C)C(=O)NC1C(=O)N(Cc2cccc(-c3ccc(OC)cc3)c2)c2ccccc2-c2ccccc21. The number of carbonyl (C=O) groups excluding carboxylic acids is 3. The third kappa shape index (κ3) is 6.89. The number of rotatable bonds is 12. The van der Waals surface area contributed by atoms with Crippen LogP contribution in [0.3, 0.4) is 0 Å². The van der Waals surface area contributed by atoms with Crippen LogP contribution in [0.2, 0.25) is 0 Å². The molecule has 3 atom stereocenters. The van der Waals surface area contributed by atoms with Crippen LogP contribution in [-0.4, -0.2) is 24.8 Å². The summed E-state index contributed by atoms with van der Waals surface area (Å²) in [4.78, 5) is 43.0. The Kier molecular flexibility index (Phi) is 10.0. The largest absolute Gasteiger partial charge is 0.497 e. The van der Waals surface area contributed by atoms with Gasteiger partial charge in [0.1, 0.15) is 11.8 Å². The first-order valence-electron chi connectivity index (χ1n) is 15.7. The zero-order valence-electron chi connectivity index (χ0n) is 26.6. The van der Waals surface area contributed by atoms with Gasteiger partial charge in [-0.05, 0) is 70.8 Å². The highest BCUT2D eigenvalue weighted by Crippen LogP contribution is 2.41. The van der Waals surface area contributed by atoms with Crippen LogP contribution in [0.4, 0.5) is 5.69 Å². The lowest BCUT2D eigenvalue weighted by Crippen LogP contribution is -2.47. The maximum Gasteiger partial charge on any atom is 0.254 e. The van der Waals surface area contributed by atoms with Gasteiger partial charge >= 0.3 is 0 Å². The van der Waals surface area contributed by atoms with Crippen molar-refractivity contribution in [3.8, 4) is 28.0 Å². The summed E-state index contributed by atoms with van der Waals surface area (Å²) >= 11 is 0. The van der Waals surface area contributed by atoms with Gasteiger partial charge < -0.3 is 20.7 Å². The van der Waals surface area contributed by atoms with Gasteiger partial charge in [0.05, 0.1) is 31.2 Å². The van der Waals surface area contributed by atoms with Gasteiger partial charge in [-0.15, -0.1) is 6.58 Å². The zero-order valence-corrected chi connectivity index (χ0v) is 26.6. The van der Waals surface area contributed by atoms with Crippen LogP contribution >= 0.6 is 0 Å². The third-order valence-corrected chi connectivity index (χ3v) is 8.58. The number of nitrogens with two attached hydrogens (primary N) is 1. The molecule has 1 aliphatic rings. The van der Waals surface area contributed by atoms with Gasteiger partial charge in [-0.2, -0.15) is 0 Å². The number of carbonyl (C=O) groups is 3. The summed E-state index contributed by atoms with van der Waals surface area (Å²) in [5.74, 6) is -1.73. The van der Waals surface area contributed by atoms with Crippen molar-refractivity contribution in [2.24, 2.45) is 23.5 Å². The number of nitrogens with zero attached hydrogens (tertiary/aromatic N) is 1. The molecule has 7 nitrogen and oxygen atoms in total. The van der Waals surface area contributed by atoms with Gasteiger partial charge in [-0.1, -0.05) is 92.7 Å². The highest BCUT2D eigenvalue weighted by Gasteiger charge is 2.38. The molecule has 4 aromatic rings. The van der Waals surface area contributed by atoms with E-state index in [1.165, 1.54) is 0 Å². The molecular weight excluding hydrogens is 574 g/mol. The van der Waals surface area contributed by atoms with E-state index in [2.05, 4.69) is 18.0 Å². The van der Waals surface area contributed by atoms with Gasteiger partial charge in [0.15, 0.2) is 0 Å². The first-order valence-corrected chi connectivity index (χ1v) is 15.7. The molecular formula is C39H41N3O4. The summed E-state index contributed by atoms with van der Waals surface area (Å²) in [5, 5.41) is 3.08. The van der Waals surface area contributed by atoms with E-state index in [0.717, 1.165) is 39.3 Å². The van der Waals surface area contributed by atoms with Crippen molar-refractivity contribution in [1.29, 1.82) is 0 Å². The molecule has 0 spiro atoms. The molecule has 0 saturated heterocycles. The van der Waals surface area contributed by atoms with Gasteiger partial charge in [0, 0.05) is 5.56 Å². The number of benzene rings is 4. The molecule has 4 aromatic carbocycles. The van der Waals surface area contributed by atoms with Crippen LogP contribution in [0.1, 0.15) is 43.9 Å². The van der Waals surface area contributed by atoms with E-state index in [-0.39, 0.29) is 30.7 Å². The summed E-state index contributed by atoms with van der Waals surface area (Å²) in [6.07, 6.45) is 2.33. The minimum atomic E-state index is -0.979. The van der Waals surface area contributed by atoms with Crippen LogP contribution in [0.5, 0.6) is 5.75 Å². The van der Waals surface area contributed by atoms with Crippen molar-refractivity contribution >= 4 is 23.4 Å². The summed E-state index contributed by atoms with van der Waals surface area (Å²) in [5.41, 5.74) is 12.0. The van der Waals surface area contributed by atoms with Crippen molar-refractivity contribution < 1.29 is 19.1 Å². The van der Waals surface area contributed by atoms with Crippen LogP contribution in [-0.2, 0) is 20.9 Å². The number of anilines is 1. The van der Waals surface area contributed by atoms with E-state index in [9.17, 15) is 14.4 Å². The molecule has 3 unspecified atom stereocenters. The molecule has 0 fully saturated rings. The number of hydrogen-bond donors (Lipinski definition) is 2. The molecule has 0 aromatic heterocycles. The predicted molar refractivity (Wildman–Crippen MR) is 183 cm³/mol. The Morgan fingerprint density at radius 2 is 1.61 bits per heavy atom. The molecule has 1 aliphatic heterocycles. The average molecular weight is 616 g/mol. The second-order valence-electron chi connectivity index (χ2n) is 12.2. The Balaban J connectivity index is 1.55. The molecule has 0 radical (unpaired) electrons. The lowest BCUT2D eigenvalue weighted by Gasteiger charge is -2.30. The highest BCUT2D eigenvalue weighted by molar-refractivity contribution is 6.06. The molecule has 5 rings (SSSR count). The van der Waals surface area contributed by atoms with E-state index >= 15 is 0 Å². The van der Waals surface area contributed by atoms with Crippen molar-refractivity contribution in [2.75, 3.05) is 12.0 Å². The van der Waals surface area contributed by atoms with Crippen LogP contribution < -0.4 is 20.7 Å². The monoisotopic (exact) mass is 615 g/mol. The van der Waals surface area contributed by atoms with Crippen molar-refractivity contribution in [3.63, 3.8) is 0 Å². The van der Waals surface area contributed by atoms with Crippen molar-refractivity contribution in [2.45, 2.75) is 39.3 Å².